The van der Waals surface area contributed by atoms with E-state index in [9.17, 15) is 9.59 Å². The van der Waals surface area contributed by atoms with Crippen molar-refractivity contribution in [1.29, 1.82) is 0 Å². The first kappa shape index (κ1) is 22.7. The fourth-order valence-corrected chi connectivity index (χ4v) is 4.69. The second-order valence-electron chi connectivity index (χ2n) is 8.40. The zero-order chi connectivity index (χ0) is 23.7. The molecule has 0 radical (unpaired) electrons. The van der Waals surface area contributed by atoms with E-state index in [1.54, 1.807) is 54.6 Å². The molecule has 6 nitrogen and oxygen atoms in total. The molecule has 1 saturated heterocycles. The lowest BCUT2D eigenvalue weighted by Gasteiger charge is -2.15. The molecule has 5 rings (SSSR count). The van der Waals surface area contributed by atoms with E-state index in [4.69, 9.17) is 27.6 Å². The van der Waals surface area contributed by atoms with Gasteiger partial charge in [-0.1, -0.05) is 23.2 Å². The second kappa shape index (κ2) is 9.66. The van der Waals surface area contributed by atoms with E-state index < -0.39 is 0 Å². The number of halogens is 2. The molecule has 3 aromatic rings. The van der Waals surface area contributed by atoms with E-state index in [2.05, 4.69) is 15.5 Å². The van der Waals surface area contributed by atoms with Crippen LogP contribution in [0.25, 0.3) is 23.0 Å². The average Bonchev–Trinajstić information content (AvgIpc) is 3.56. The number of nitrogens with one attached hydrogen (secondary N) is 2. The molecule has 0 unspecified atom stereocenters. The Kier molecular flexibility index (Phi) is 6.46. The summed E-state index contributed by atoms with van der Waals surface area (Å²) >= 11 is 12.4. The molecule has 0 saturated carbocycles. The van der Waals surface area contributed by atoms with Crippen molar-refractivity contribution in [3.63, 3.8) is 0 Å². The Morgan fingerprint density at radius 3 is 2.74 bits per heavy atom. The van der Waals surface area contributed by atoms with Gasteiger partial charge in [-0.2, -0.15) is 0 Å². The molecule has 1 fully saturated rings. The number of amides is 2. The minimum absolute atomic E-state index is 0.212. The molecule has 2 aliphatic rings. The van der Waals surface area contributed by atoms with Gasteiger partial charge in [0.25, 0.3) is 11.8 Å². The number of fused-ring (bicyclic) bond motifs is 1. The Bertz CT molecular complexity index is 1290. The predicted octanol–water partition coefficient (Wildman–Crippen LogP) is 5.57. The first-order chi connectivity index (χ1) is 16.5. The summed E-state index contributed by atoms with van der Waals surface area (Å²) in [7, 11) is 0. The van der Waals surface area contributed by atoms with Gasteiger partial charge in [0.2, 0.25) is 0 Å². The van der Waals surface area contributed by atoms with Gasteiger partial charge in [-0.05, 0) is 80.5 Å². The van der Waals surface area contributed by atoms with Gasteiger partial charge in [-0.25, -0.2) is 0 Å². The molecule has 0 spiro atoms. The third-order valence-corrected chi connectivity index (χ3v) is 6.65. The monoisotopic (exact) mass is 495 g/mol. The van der Waals surface area contributed by atoms with E-state index in [0.717, 1.165) is 30.8 Å². The lowest BCUT2D eigenvalue weighted by Crippen LogP contribution is -2.33. The largest absolute Gasteiger partial charge is 0.457 e. The van der Waals surface area contributed by atoms with E-state index in [0.29, 0.717) is 44.9 Å². The van der Waals surface area contributed by atoms with Gasteiger partial charge in [0.15, 0.2) is 0 Å². The third kappa shape index (κ3) is 4.75. The Labute approximate surface area is 207 Å². The molecule has 2 aromatic carbocycles. The topological polar surface area (TPSA) is 74.6 Å². The summed E-state index contributed by atoms with van der Waals surface area (Å²) in [5.74, 6) is 0.657. The molecular formula is C26H23Cl2N3O3. The number of nitrogens with zero attached hydrogens (tertiary/aromatic N) is 1. The summed E-state index contributed by atoms with van der Waals surface area (Å²) in [6, 6.07) is 14.1. The zero-order valence-electron chi connectivity index (χ0n) is 18.4. The second-order valence-corrected chi connectivity index (χ2v) is 9.25. The van der Waals surface area contributed by atoms with Crippen molar-refractivity contribution >= 4 is 52.4 Å². The highest BCUT2D eigenvalue weighted by atomic mass is 35.5. The lowest BCUT2D eigenvalue weighted by atomic mass is 10.1. The summed E-state index contributed by atoms with van der Waals surface area (Å²) in [5, 5.41) is 6.71. The number of carbonyl (C=O) groups is 2. The van der Waals surface area contributed by atoms with Crippen molar-refractivity contribution < 1.29 is 14.0 Å². The average molecular weight is 496 g/mol. The minimum atomic E-state index is -0.213. The standard InChI is InChI=1S/C26H23Cl2N3O3/c27-17-4-7-23-19(14-17)20(26(33)30-23)15-18-5-8-24(34-18)16-3-6-22(28)21(13-16)25(32)29-9-12-31-10-1-2-11-31/h3-8,13-15H,1-2,9-12H2,(H,29,32)(H,30,33)/b20-15+. The first-order valence-corrected chi connectivity index (χ1v) is 12.0. The number of hydrogen-bond acceptors (Lipinski definition) is 4. The lowest BCUT2D eigenvalue weighted by molar-refractivity contribution is -0.110. The molecule has 1 aromatic heterocycles. The number of carbonyl (C=O) groups excluding carboxylic acids is 2. The summed E-state index contributed by atoms with van der Waals surface area (Å²) < 4.78 is 5.98. The van der Waals surface area contributed by atoms with Crippen molar-refractivity contribution in [2.24, 2.45) is 0 Å². The SMILES string of the molecule is O=C1Nc2ccc(Cl)cc2/C1=C\c1ccc(-c2ccc(Cl)c(C(=O)NCCN3CCCC3)c2)o1. The van der Waals surface area contributed by atoms with Crippen LogP contribution < -0.4 is 10.6 Å². The Morgan fingerprint density at radius 1 is 1.09 bits per heavy atom. The van der Waals surface area contributed by atoms with Gasteiger partial charge in [-0.3, -0.25) is 9.59 Å². The highest BCUT2D eigenvalue weighted by Gasteiger charge is 2.25. The number of hydrogen-bond donors (Lipinski definition) is 2. The third-order valence-electron chi connectivity index (χ3n) is 6.09. The number of anilines is 1. The summed E-state index contributed by atoms with van der Waals surface area (Å²) in [5.41, 5.74) is 3.04. The maximum Gasteiger partial charge on any atom is 0.256 e. The first-order valence-electron chi connectivity index (χ1n) is 11.2. The molecule has 2 aliphatic heterocycles. The molecule has 0 aliphatic carbocycles. The van der Waals surface area contributed by atoms with Gasteiger partial charge in [0.05, 0.1) is 16.2 Å². The predicted molar refractivity (Wildman–Crippen MR) is 135 cm³/mol. The van der Waals surface area contributed by atoms with E-state index >= 15 is 0 Å². The smallest absolute Gasteiger partial charge is 0.256 e. The van der Waals surface area contributed by atoms with E-state index in [1.807, 2.05) is 0 Å². The molecular weight excluding hydrogens is 473 g/mol. The van der Waals surface area contributed by atoms with Gasteiger partial charge < -0.3 is 20.0 Å². The molecule has 3 heterocycles. The Morgan fingerprint density at radius 2 is 1.91 bits per heavy atom. The van der Waals surface area contributed by atoms with Crippen molar-refractivity contribution in [3.05, 3.63) is 75.5 Å². The van der Waals surface area contributed by atoms with Crippen molar-refractivity contribution in [2.45, 2.75) is 12.8 Å². The molecule has 0 bridgehead atoms. The molecule has 174 valence electrons. The van der Waals surface area contributed by atoms with Crippen LogP contribution in [0.4, 0.5) is 5.69 Å². The molecule has 8 heteroatoms. The van der Waals surface area contributed by atoms with Gasteiger partial charge in [0.1, 0.15) is 11.5 Å². The van der Waals surface area contributed by atoms with Crippen molar-refractivity contribution in [2.75, 3.05) is 31.5 Å². The van der Waals surface area contributed by atoms with Crippen LogP contribution >= 0.6 is 23.2 Å². The maximum absolute atomic E-state index is 12.7. The highest BCUT2D eigenvalue weighted by Crippen LogP contribution is 2.36. The Hall–Kier alpha value is -3.06. The number of benzene rings is 2. The van der Waals surface area contributed by atoms with Crippen molar-refractivity contribution in [1.82, 2.24) is 10.2 Å². The van der Waals surface area contributed by atoms with Gasteiger partial charge in [-0.15, -0.1) is 0 Å². The minimum Gasteiger partial charge on any atom is -0.457 e. The highest BCUT2D eigenvalue weighted by molar-refractivity contribution is 6.36. The van der Waals surface area contributed by atoms with Crippen LogP contribution in [0.5, 0.6) is 0 Å². The van der Waals surface area contributed by atoms with Crippen LogP contribution in [-0.4, -0.2) is 42.9 Å². The van der Waals surface area contributed by atoms with Gasteiger partial charge >= 0.3 is 0 Å². The molecule has 2 N–H and O–H groups in total. The molecule has 0 atom stereocenters. The summed E-state index contributed by atoms with van der Waals surface area (Å²) in [6.45, 7) is 3.58. The number of furan rings is 1. The van der Waals surface area contributed by atoms with E-state index in [1.165, 1.54) is 12.8 Å². The fourth-order valence-electron chi connectivity index (χ4n) is 4.31. The van der Waals surface area contributed by atoms with Crippen LogP contribution in [0.15, 0.2) is 52.9 Å². The Balaban J connectivity index is 1.33. The van der Waals surface area contributed by atoms with Crippen LogP contribution in [0, 0.1) is 0 Å². The van der Waals surface area contributed by atoms with Crippen LogP contribution in [0.3, 0.4) is 0 Å². The van der Waals surface area contributed by atoms with Crippen LogP contribution in [-0.2, 0) is 4.79 Å². The molecule has 34 heavy (non-hydrogen) atoms. The van der Waals surface area contributed by atoms with Crippen LogP contribution in [0.1, 0.15) is 34.5 Å². The number of rotatable bonds is 6. The summed E-state index contributed by atoms with van der Waals surface area (Å²) in [4.78, 5) is 27.5. The zero-order valence-corrected chi connectivity index (χ0v) is 19.9. The van der Waals surface area contributed by atoms with Crippen LogP contribution in [0.2, 0.25) is 10.0 Å². The molecule has 2 amide bonds. The number of likely N-dealkylation sites (tertiary alicyclic amines) is 1. The van der Waals surface area contributed by atoms with E-state index in [-0.39, 0.29) is 11.8 Å². The van der Waals surface area contributed by atoms with Gasteiger partial charge in [0, 0.05) is 34.9 Å². The fraction of sp³-hybridized carbons (Fsp3) is 0.231. The summed E-state index contributed by atoms with van der Waals surface area (Å²) in [6.07, 6.45) is 4.12. The normalized spacial score (nSPS) is 16.6. The maximum atomic E-state index is 12.7. The quantitative estimate of drug-likeness (QED) is 0.438. The van der Waals surface area contributed by atoms with Crippen molar-refractivity contribution in [3.8, 4) is 11.3 Å².